The first kappa shape index (κ1) is 18.3. The fourth-order valence-corrected chi connectivity index (χ4v) is 3.72. The van der Waals surface area contributed by atoms with E-state index in [0.717, 1.165) is 22.0 Å². The van der Waals surface area contributed by atoms with Crippen molar-refractivity contribution in [1.29, 1.82) is 0 Å². The Morgan fingerprint density at radius 2 is 1.70 bits per heavy atom. The zero-order chi connectivity index (χ0) is 20.7. The van der Waals surface area contributed by atoms with Gasteiger partial charge in [0.05, 0.1) is 16.3 Å². The van der Waals surface area contributed by atoms with Crippen LogP contribution in [0.3, 0.4) is 0 Å². The topological polar surface area (TPSA) is 72.2 Å². The fourth-order valence-electron chi connectivity index (χ4n) is 3.50. The Balaban J connectivity index is 1.55. The van der Waals surface area contributed by atoms with Gasteiger partial charge in [-0.1, -0.05) is 60.1 Å². The van der Waals surface area contributed by atoms with E-state index >= 15 is 0 Å². The van der Waals surface area contributed by atoms with Gasteiger partial charge in [0.25, 0.3) is 5.91 Å². The van der Waals surface area contributed by atoms with Crippen molar-refractivity contribution in [2.45, 2.75) is 6.92 Å². The van der Waals surface area contributed by atoms with Crippen LogP contribution in [0.2, 0.25) is 5.02 Å². The van der Waals surface area contributed by atoms with Crippen LogP contribution in [0.15, 0.2) is 72.8 Å². The third-order valence-corrected chi connectivity index (χ3v) is 5.28. The molecule has 5 rings (SSSR count). The number of aryl methyl sites for hydroxylation is 1. The van der Waals surface area contributed by atoms with E-state index in [4.69, 9.17) is 11.6 Å². The number of benzene rings is 3. The molecule has 0 fully saturated rings. The molecule has 7 heteroatoms. The van der Waals surface area contributed by atoms with Gasteiger partial charge < -0.3 is 5.32 Å². The predicted octanol–water partition coefficient (Wildman–Crippen LogP) is 5.16. The average Bonchev–Trinajstić information content (AvgIpc) is 3.18. The standard InChI is InChI=1S/C23H16ClN5O/c1-14-17-9-2-3-10-18(17)22-27-26-21(29(22)28-14)15-7-6-8-16(13-15)25-23(30)19-11-4-5-12-20(19)24/h2-13H,1H3,(H,25,30). The van der Waals surface area contributed by atoms with Gasteiger partial charge in [-0.25, -0.2) is 0 Å². The highest BCUT2D eigenvalue weighted by Gasteiger charge is 2.15. The molecule has 3 aromatic carbocycles. The number of amides is 1. The van der Waals surface area contributed by atoms with Crippen molar-refractivity contribution in [1.82, 2.24) is 19.8 Å². The molecule has 1 amide bonds. The smallest absolute Gasteiger partial charge is 0.257 e. The quantitative estimate of drug-likeness (QED) is 0.443. The molecule has 0 saturated heterocycles. The second-order valence-electron chi connectivity index (χ2n) is 6.90. The number of nitrogens with zero attached hydrogens (tertiary/aromatic N) is 4. The van der Waals surface area contributed by atoms with Gasteiger partial charge in [-0.3, -0.25) is 4.79 Å². The molecule has 1 N–H and O–H groups in total. The summed E-state index contributed by atoms with van der Waals surface area (Å²) in [5, 5.41) is 18.7. The molecular formula is C23H16ClN5O. The zero-order valence-corrected chi connectivity index (χ0v) is 16.8. The van der Waals surface area contributed by atoms with Gasteiger partial charge in [-0.15, -0.1) is 10.2 Å². The van der Waals surface area contributed by atoms with Gasteiger partial charge in [0.15, 0.2) is 11.5 Å². The van der Waals surface area contributed by atoms with Crippen LogP contribution in [0, 0.1) is 6.92 Å². The number of hydrogen-bond donors (Lipinski definition) is 1. The number of rotatable bonds is 3. The number of anilines is 1. The second-order valence-corrected chi connectivity index (χ2v) is 7.31. The Labute approximate surface area is 177 Å². The van der Waals surface area contributed by atoms with E-state index in [1.807, 2.05) is 55.5 Å². The third kappa shape index (κ3) is 3.07. The maximum atomic E-state index is 12.6. The van der Waals surface area contributed by atoms with Crippen LogP contribution >= 0.6 is 11.6 Å². The summed E-state index contributed by atoms with van der Waals surface area (Å²) < 4.78 is 1.74. The molecule has 5 aromatic rings. The van der Waals surface area contributed by atoms with Gasteiger partial charge in [0.1, 0.15) is 0 Å². The van der Waals surface area contributed by atoms with E-state index in [1.54, 1.807) is 28.8 Å². The summed E-state index contributed by atoms with van der Waals surface area (Å²) in [4.78, 5) is 12.6. The van der Waals surface area contributed by atoms with Gasteiger partial charge in [-0.05, 0) is 31.2 Å². The number of fused-ring (bicyclic) bond motifs is 3. The summed E-state index contributed by atoms with van der Waals surface area (Å²) in [6, 6.07) is 22.4. The molecule has 30 heavy (non-hydrogen) atoms. The van der Waals surface area contributed by atoms with Gasteiger partial charge in [-0.2, -0.15) is 9.61 Å². The van der Waals surface area contributed by atoms with E-state index in [9.17, 15) is 4.79 Å². The maximum absolute atomic E-state index is 12.6. The lowest BCUT2D eigenvalue weighted by molar-refractivity contribution is 0.102. The molecule has 0 unspecified atom stereocenters. The number of carbonyl (C=O) groups is 1. The number of nitrogens with one attached hydrogen (secondary N) is 1. The average molecular weight is 414 g/mol. The van der Waals surface area contributed by atoms with E-state index in [-0.39, 0.29) is 5.91 Å². The summed E-state index contributed by atoms with van der Waals surface area (Å²) in [6.45, 7) is 1.96. The fraction of sp³-hybridized carbons (Fsp3) is 0.0435. The Bertz CT molecular complexity index is 1430. The highest BCUT2D eigenvalue weighted by Crippen LogP contribution is 2.26. The molecule has 0 spiro atoms. The molecule has 146 valence electrons. The van der Waals surface area contributed by atoms with Crippen molar-refractivity contribution >= 4 is 39.6 Å². The lowest BCUT2D eigenvalue weighted by atomic mass is 10.1. The highest BCUT2D eigenvalue weighted by molar-refractivity contribution is 6.34. The summed E-state index contributed by atoms with van der Waals surface area (Å²) >= 11 is 6.13. The maximum Gasteiger partial charge on any atom is 0.257 e. The minimum absolute atomic E-state index is 0.274. The van der Waals surface area contributed by atoms with Crippen LogP contribution in [0.5, 0.6) is 0 Å². The molecule has 0 bridgehead atoms. The van der Waals surface area contributed by atoms with Crippen molar-refractivity contribution in [2.24, 2.45) is 0 Å². The van der Waals surface area contributed by atoms with Crippen molar-refractivity contribution in [3.63, 3.8) is 0 Å². The molecule has 2 heterocycles. The Morgan fingerprint density at radius 1 is 0.933 bits per heavy atom. The van der Waals surface area contributed by atoms with Crippen LogP contribution in [0.4, 0.5) is 5.69 Å². The van der Waals surface area contributed by atoms with E-state index in [2.05, 4.69) is 20.6 Å². The zero-order valence-electron chi connectivity index (χ0n) is 16.0. The highest BCUT2D eigenvalue weighted by atomic mass is 35.5. The normalized spacial score (nSPS) is 11.1. The predicted molar refractivity (Wildman–Crippen MR) is 118 cm³/mol. The number of aromatic nitrogens is 4. The molecule has 0 saturated carbocycles. The molecule has 0 radical (unpaired) electrons. The summed E-state index contributed by atoms with van der Waals surface area (Å²) in [5.41, 5.74) is 3.42. The Hall–Kier alpha value is -3.77. The van der Waals surface area contributed by atoms with Crippen LogP contribution in [-0.4, -0.2) is 25.7 Å². The third-order valence-electron chi connectivity index (χ3n) is 4.95. The van der Waals surface area contributed by atoms with Gasteiger partial charge in [0.2, 0.25) is 0 Å². The van der Waals surface area contributed by atoms with Crippen LogP contribution in [0.25, 0.3) is 27.8 Å². The molecule has 0 atom stereocenters. The SMILES string of the molecule is Cc1nn2c(-c3cccc(NC(=O)c4ccccc4Cl)c3)nnc2c2ccccc12. The van der Waals surface area contributed by atoms with Crippen LogP contribution in [0.1, 0.15) is 16.1 Å². The molecule has 2 aromatic heterocycles. The van der Waals surface area contributed by atoms with E-state index < -0.39 is 0 Å². The lowest BCUT2D eigenvalue weighted by Gasteiger charge is -2.08. The lowest BCUT2D eigenvalue weighted by Crippen LogP contribution is -2.12. The summed E-state index contributed by atoms with van der Waals surface area (Å²) in [7, 11) is 0. The van der Waals surface area contributed by atoms with Gasteiger partial charge in [0, 0.05) is 22.0 Å². The van der Waals surface area contributed by atoms with E-state index in [0.29, 0.717) is 27.7 Å². The minimum atomic E-state index is -0.274. The van der Waals surface area contributed by atoms with Crippen LogP contribution < -0.4 is 5.32 Å². The Kier molecular flexibility index (Phi) is 4.41. The van der Waals surface area contributed by atoms with Gasteiger partial charge >= 0.3 is 0 Å². The van der Waals surface area contributed by atoms with Crippen molar-refractivity contribution < 1.29 is 4.79 Å². The molecule has 0 aliphatic heterocycles. The largest absolute Gasteiger partial charge is 0.322 e. The monoisotopic (exact) mass is 413 g/mol. The second kappa shape index (κ2) is 7.24. The van der Waals surface area contributed by atoms with Crippen molar-refractivity contribution in [2.75, 3.05) is 5.32 Å². The Morgan fingerprint density at radius 3 is 2.53 bits per heavy atom. The summed E-state index contributed by atoms with van der Waals surface area (Å²) in [5.74, 6) is 0.330. The first-order chi connectivity index (χ1) is 14.6. The number of halogens is 1. The number of carbonyl (C=O) groups excluding carboxylic acids is 1. The first-order valence-electron chi connectivity index (χ1n) is 9.39. The molecule has 0 aliphatic carbocycles. The number of hydrogen-bond acceptors (Lipinski definition) is 4. The first-order valence-corrected chi connectivity index (χ1v) is 9.77. The molecule has 0 aliphatic rings. The minimum Gasteiger partial charge on any atom is -0.322 e. The van der Waals surface area contributed by atoms with Crippen molar-refractivity contribution in [3.05, 3.63) is 89.1 Å². The van der Waals surface area contributed by atoms with E-state index in [1.165, 1.54) is 0 Å². The van der Waals surface area contributed by atoms with Crippen LogP contribution in [-0.2, 0) is 0 Å². The van der Waals surface area contributed by atoms with Crippen molar-refractivity contribution in [3.8, 4) is 11.4 Å². The molecule has 6 nitrogen and oxygen atoms in total. The molecular weight excluding hydrogens is 398 g/mol. The summed E-state index contributed by atoms with van der Waals surface area (Å²) in [6.07, 6.45) is 0.